The third-order valence-corrected chi connectivity index (χ3v) is 3.35. The van der Waals surface area contributed by atoms with E-state index in [1.807, 2.05) is 30.7 Å². The van der Waals surface area contributed by atoms with Crippen molar-refractivity contribution in [2.24, 2.45) is 10.9 Å². The van der Waals surface area contributed by atoms with Gasteiger partial charge in [-0.05, 0) is 24.6 Å². The minimum Gasteiger partial charge on any atom is -0.409 e. The van der Waals surface area contributed by atoms with E-state index in [4.69, 9.17) is 10.9 Å². The fraction of sp³-hybridized carbons (Fsp3) is 0.222. The highest BCUT2D eigenvalue weighted by atomic mass is 32.2. The molecule has 0 amide bonds. The first-order valence-corrected chi connectivity index (χ1v) is 6.38. The number of amidine groups is 1. The van der Waals surface area contributed by atoms with E-state index in [-0.39, 0.29) is 5.84 Å². The van der Waals surface area contributed by atoms with Crippen LogP contribution in [0.1, 0.15) is 5.56 Å². The summed E-state index contributed by atoms with van der Waals surface area (Å²) in [7, 11) is 0. The van der Waals surface area contributed by atoms with Gasteiger partial charge in [-0.3, -0.25) is 0 Å². The molecule has 0 spiro atoms. The van der Waals surface area contributed by atoms with E-state index in [0.717, 1.165) is 15.4 Å². The van der Waals surface area contributed by atoms with Gasteiger partial charge in [-0.25, -0.2) is 0 Å². The number of thioether (sulfide) groups is 2. The van der Waals surface area contributed by atoms with Crippen LogP contribution in [-0.2, 0) is 0 Å². The van der Waals surface area contributed by atoms with Gasteiger partial charge in [-0.15, -0.1) is 23.5 Å². The number of rotatable bonds is 3. The number of hydrogen-bond acceptors (Lipinski definition) is 4. The molecule has 1 aromatic rings. The maximum atomic E-state index is 8.67. The Kier molecular flexibility index (Phi) is 4.16. The molecule has 5 heteroatoms. The van der Waals surface area contributed by atoms with Gasteiger partial charge in [-0.1, -0.05) is 11.2 Å². The monoisotopic (exact) mass is 228 g/mol. The van der Waals surface area contributed by atoms with E-state index >= 15 is 0 Å². The Hall–Kier alpha value is -0.810. The van der Waals surface area contributed by atoms with Gasteiger partial charge < -0.3 is 10.9 Å². The lowest BCUT2D eigenvalue weighted by Crippen LogP contribution is -2.15. The van der Waals surface area contributed by atoms with Crippen molar-refractivity contribution in [1.82, 2.24) is 0 Å². The highest BCUT2D eigenvalue weighted by Crippen LogP contribution is 2.28. The minimum atomic E-state index is 0.166. The smallest absolute Gasteiger partial charge is 0.172 e. The summed E-state index contributed by atoms with van der Waals surface area (Å²) in [6.07, 6.45) is 3.93. The van der Waals surface area contributed by atoms with E-state index < -0.39 is 0 Å². The number of nitrogens with two attached hydrogens (primary N) is 1. The fourth-order valence-electron chi connectivity index (χ4n) is 1.15. The first kappa shape index (κ1) is 11.3. The Morgan fingerprint density at radius 3 is 2.14 bits per heavy atom. The van der Waals surface area contributed by atoms with Crippen molar-refractivity contribution in [2.75, 3.05) is 12.5 Å². The van der Waals surface area contributed by atoms with Crippen LogP contribution in [0.25, 0.3) is 0 Å². The Labute approximate surface area is 91.8 Å². The van der Waals surface area contributed by atoms with E-state index in [9.17, 15) is 0 Å². The number of benzene rings is 1. The zero-order valence-corrected chi connectivity index (χ0v) is 9.65. The Bertz CT molecular complexity index is 330. The van der Waals surface area contributed by atoms with Crippen LogP contribution in [0.4, 0.5) is 0 Å². The normalized spacial score (nSPS) is 11.7. The van der Waals surface area contributed by atoms with Crippen molar-refractivity contribution in [3.05, 3.63) is 23.8 Å². The first-order valence-electron chi connectivity index (χ1n) is 3.93. The van der Waals surface area contributed by atoms with Crippen molar-refractivity contribution in [3.8, 4) is 0 Å². The largest absolute Gasteiger partial charge is 0.409 e. The van der Waals surface area contributed by atoms with Crippen LogP contribution in [0.5, 0.6) is 0 Å². The van der Waals surface area contributed by atoms with E-state index in [1.54, 1.807) is 23.5 Å². The van der Waals surface area contributed by atoms with Crippen molar-refractivity contribution in [3.63, 3.8) is 0 Å². The van der Waals surface area contributed by atoms with Gasteiger partial charge in [0.1, 0.15) is 0 Å². The molecule has 0 aromatic heterocycles. The van der Waals surface area contributed by atoms with Gasteiger partial charge in [0.2, 0.25) is 0 Å². The molecular weight excluding hydrogens is 216 g/mol. The number of oxime groups is 1. The summed E-state index contributed by atoms with van der Waals surface area (Å²) in [5.41, 5.74) is 6.44. The molecule has 0 atom stereocenters. The molecule has 0 saturated heterocycles. The molecule has 0 aliphatic carbocycles. The zero-order chi connectivity index (χ0) is 10.6. The lowest BCUT2D eigenvalue weighted by Gasteiger charge is -2.09. The van der Waals surface area contributed by atoms with E-state index in [1.165, 1.54) is 0 Å². The second kappa shape index (κ2) is 5.17. The number of nitrogens with zero attached hydrogens (tertiary/aromatic N) is 1. The second-order valence-electron chi connectivity index (χ2n) is 2.52. The van der Waals surface area contributed by atoms with Crippen LogP contribution >= 0.6 is 23.5 Å². The molecule has 1 aromatic carbocycles. The highest BCUT2D eigenvalue weighted by molar-refractivity contribution is 7.99. The molecule has 0 bridgehead atoms. The predicted octanol–water partition coefficient (Wildman–Crippen LogP) is 2.22. The summed E-state index contributed by atoms with van der Waals surface area (Å²) in [5.74, 6) is 0.166. The van der Waals surface area contributed by atoms with Crippen LogP contribution in [0.3, 0.4) is 0 Å². The van der Waals surface area contributed by atoms with Gasteiger partial charge >= 0.3 is 0 Å². The van der Waals surface area contributed by atoms with Crippen LogP contribution in [0.15, 0.2) is 33.1 Å². The molecule has 0 radical (unpaired) electrons. The van der Waals surface area contributed by atoms with Crippen LogP contribution in [-0.4, -0.2) is 23.6 Å². The summed E-state index contributed by atoms with van der Waals surface area (Å²) in [6.45, 7) is 0. The summed E-state index contributed by atoms with van der Waals surface area (Å²) >= 11 is 3.17. The summed E-state index contributed by atoms with van der Waals surface area (Å²) in [6, 6.07) is 5.88. The Balaban J connectivity index is 3.33. The van der Waals surface area contributed by atoms with Gasteiger partial charge in [0.15, 0.2) is 5.84 Å². The van der Waals surface area contributed by atoms with Crippen LogP contribution < -0.4 is 5.73 Å². The third kappa shape index (κ3) is 2.16. The van der Waals surface area contributed by atoms with E-state index in [2.05, 4.69) is 5.16 Å². The average molecular weight is 228 g/mol. The van der Waals surface area contributed by atoms with Crippen molar-refractivity contribution in [2.45, 2.75) is 9.79 Å². The van der Waals surface area contributed by atoms with Crippen molar-refractivity contribution in [1.29, 1.82) is 0 Å². The molecule has 0 aliphatic heterocycles. The standard InChI is InChI=1S/C9H12N2OS2/c1-13-6-4-3-5-7(14-2)8(6)9(10)11-12/h3-5,12H,1-2H3,(H2,10,11). The van der Waals surface area contributed by atoms with Gasteiger partial charge in [0.25, 0.3) is 0 Å². The predicted molar refractivity (Wildman–Crippen MR) is 62.5 cm³/mol. The Morgan fingerprint density at radius 2 is 1.79 bits per heavy atom. The van der Waals surface area contributed by atoms with Crippen LogP contribution in [0, 0.1) is 0 Å². The molecular formula is C9H12N2OS2. The molecule has 0 aliphatic rings. The molecule has 3 N–H and O–H groups in total. The minimum absolute atomic E-state index is 0.166. The quantitative estimate of drug-likeness (QED) is 0.274. The molecule has 14 heavy (non-hydrogen) atoms. The molecule has 0 saturated carbocycles. The lowest BCUT2D eigenvalue weighted by molar-refractivity contribution is 0.318. The van der Waals surface area contributed by atoms with Crippen LogP contribution in [0.2, 0.25) is 0 Å². The molecule has 0 unspecified atom stereocenters. The second-order valence-corrected chi connectivity index (χ2v) is 4.22. The maximum Gasteiger partial charge on any atom is 0.172 e. The van der Waals surface area contributed by atoms with E-state index in [0.29, 0.717) is 0 Å². The average Bonchev–Trinajstić information content (AvgIpc) is 2.26. The maximum absolute atomic E-state index is 8.67. The molecule has 0 heterocycles. The summed E-state index contributed by atoms with van der Waals surface area (Å²) in [4.78, 5) is 2.04. The zero-order valence-electron chi connectivity index (χ0n) is 8.02. The summed E-state index contributed by atoms with van der Waals surface area (Å²) < 4.78 is 0. The van der Waals surface area contributed by atoms with Gasteiger partial charge in [0, 0.05) is 15.4 Å². The number of hydrogen-bond donors (Lipinski definition) is 2. The molecule has 0 fully saturated rings. The van der Waals surface area contributed by atoms with Crippen molar-refractivity contribution >= 4 is 29.4 Å². The first-order chi connectivity index (χ1) is 6.74. The third-order valence-electron chi connectivity index (χ3n) is 1.79. The molecule has 3 nitrogen and oxygen atoms in total. The Morgan fingerprint density at radius 1 is 1.29 bits per heavy atom. The molecule has 76 valence electrons. The summed E-state index contributed by atoms with van der Waals surface area (Å²) in [5, 5.41) is 11.7. The van der Waals surface area contributed by atoms with Crippen molar-refractivity contribution < 1.29 is 5.21 Å². The molecule has 1 rings (SSSR count). The lowest BCUT2D eigenvalue weighted by atomic mass is 10.2. The van der Waals surface area contributed by atoms with Gasteiger partial charge in [-0.2, -0.15) is 0 Å². The topological polar surface area (TPSA) is 58.6 Å². The fourth-order valence-corrected chi connectivity index (χ4v) is 2.48. The van der Waals surface area contributed by atoms with Gasteiger partial charge in [0.05, 0.1) is 0 Å². The highest BCUT2D eigenvalue weighted by Gasteiger charge is 2.11. The SMILES string of the molecule is CSc1cccc(SC)c1/C(N)=N/O.